The predicted octanol–water partition coefficient (Wildman–Crippen LogP) is 3.96. The smallest absolute Gasteiger partial charge is 0.330 e. The van der Waals surface area contributed by atoms with Gasteiger partial charge in [-0.2, -0.15) is 0 Å². The molecule has 94 valence electrons. The predicted molar refractivity (Wildman–Crippen MR) is 68.2 cm³/mol. The molecule has 0 fully saturated rings. The van der Waals surface area contributed by atoms with Crippen molar-refractivity contribution in [3.63, 3.8) is 0 Å². The molecule has 0 bridgehead atoms. The van der Waals surface area contributed by atoms with Crippen LogP contribution in [0.25, 0.3) is 0 Å². The quantitative estimate of drug-likeness (QED) is 0.506. The van der Waals surface area contributed by atoms with Crippen molar-refractivity contribution in [2.75, 3.05) is 0 Å². The molecule has 0 aliphatic rings. The van der Waals surface area contributed by atoms with E-state index in [1.165, 1.54) is 6.08 Å². The minimum absolute atomic E-state index is 0.0212. The van der Waals surface area contributed by atoms with E-state index in [4.69, 9.17) is 4.74 Å². The highest BCUT2D eigenvalue weighted by molar-refractivity contribution is 5.81. The summed E-state index contributed by atoms with van der Waals surface area (Å²) in [6.07, 6.45) is 4.36. The summed E-state index contributed by atoms with van der Waals surface area (Å²) in [5.74, 6) is 0.0996. The molecule has 0 aliphatic carbocycles. The van der Waals surface area contributed by atoms with E-state index < -0.39 is 0 Å². The molecule has 0 spiro atoms. The van der Waals surface area contributed by atoms with Crippen molar-refractivity contribution in [1.82, 2.24) is 0 Å². The van der Waals surface area contributed by atoms with E-state index in [1.807, 2.05) is 0 Å². The van der Waals surface area contributed by atoms with E-state index in [0.29, 0.717) is 11.3 Å². The number of rotatable bonds is 6. The van der Waals surface area contributed by atoms with Gasteiger partial charge >= 0.3 is 5.97 Å². The summed E-state index contributed by atoms with van der Waals surface area (Å²) < 4.78 is 5.32. The van der Waals surface area contributed by atoms with Crippen LogP contribution in [-0.4, -0.2) is 12.1 Å². The highest BCUT2D eigenvalue weighted by atomic mass is 16.5. The van der Waals surface area contributed by atoms with Crippen LogP contribution in [0.15, 0.2) is 12.7 Å². The third-order valence-electron chi connectivity index (χ3n) is 2.82. The van der Waals surface area contributed by atoms with Crippen LogP contribution >= 0.6 is 0 Å². The SMILES string of the molecule is C=CC(=O)OC(CC)C(C)CCC(C)(C)C. The molecule has 2 atom stereocenters. The number of hydrogen-bond donors (Lipinski definition) is 0. The van der Waals surface area contributed by atoms with Crippen molar-refractivity contribution in [1.29, 1.82) is 0 Å². The summed E-state index contributed by atoms with van der Waals surface area (Å²) in [5.41, 5.74) is 0.342. The Kier molecular flexibility index (Phi) is 6.39. The van der Waals surface area contributed by atoms with E-state index in [2.05, 4.69) is 41.2 Å². The molecule has 0 aromatic heterocycles. The van der Waals surface area contributed by atoms with Crippen LogP contribution in [0.2, 0.25) is 0 Å². The van der Waals surface area contributed by atoms with Crippen LogP contribution in [0.4, 0.5) is 0 Å². The van der Waals surface area contributed by atoms with E-state index in [0.717, 1.165) is 19.3 Å². The van der Waals surface area contributed by atoms with Gasteiger partial charge in [0.1, 0.15) is 6.10 Å². The Morgan fingerprint density at radius 3 is 2.38 bits per heavy atom. The van der Waals surface area contributed by atoms with Crippen LogP contribution in [0.5, 0.6) is 0 Å². The highest BCUT2D eigenvalue weighted by Crippen LogP contribution is 2.26. The highest BCUT2D eigenvalue weighted by Gasteiger charge is 2.21. The van der Waals surface area contributed by atoms with Gasteiger partial charge in [0.2, 0.25) is 0 Å². The third-order valence-corrected chi connectivity index (χ3v) is 2.82. The van der Waals surface area contributed by atoms with Crippen molar-refractivity contribution in [3.05, 3.63) is 12.7 Å². The molecule has 0 radical (unpaired) electrons. The van der Waals surface area contributed by atoms with E-state index in [9.17, 15) is 4.79 Å². The lowest BCUT2D eigenvalue weighted by Gasteiger charge is -2.26. The van der Waals surface area contributed by atoms with Gasteiger partial charge in [0.15, 0.2) is 0 Å². The molecule has 0 aromatic rings. The minimum atomic E-state index is -0.311. The van der Waals surface area contributed by atoms with Gasteiger partial charge in [-0.1, -0.05) is 41.2 Å². The minimum Gasteiger partial charge on any atom is -0.459 e. The van der Waals surface area contributed by atoms with Gasteiger partial charge < -0.3 is 4.74 Å². The summed E-state index contributed by atoms with van der Waals surface area (Å²) in [5, 5.41) is 0. The van der Waals surface area contributed by atoms with Crippen molar-refractivity contribution < 1.29 is 9.53 Å². The van der Waals surface area contributed by atoms with Gasteiger partial charge in [-0.25, -0.2) is 4.79 Å². The molecule has 16 heavy (non-hydrogen) atoms. The van der Waals surface area contributed by atoms with E-state index >= 15 is 0 Å². The molecular weight excluding hydrogens is 200 g/mol. The Balaban J connectivity index is 4.15. The fraction of sp³-hybridized carbons (Fsp3) is 0.786. The van der Waals surface area contributed by atoms with Crippen LogP contribution in [0.1, 0.15) is 53.9 Å². The Bertz CT molecular complexity index is 225. The molecule has 0 rings (SSSR count). The first kappa shape index (κ1) is 15.2. The summed E-state index contributed by atoms with van der Waals surface area (Å²) in [6.45, 7) is 14.3. The maximum Gasteiger partial charge on any atom is 0.330 e. The first-order valence-corrected chi connectivity index (χ1v) is 6.13. The lowest BCUT2D eigenvalue weighted by molar-refractivity contribution is -0.145. The molecule has 0 N–H and O–H groups in total. The van der Waals surface area contributed by atoms with Gasteiger partial charge in [-0.05, 0) is 30.6 Å². The summed E-state index contributed by atoms with van der Waals surface area (Å²) in [6, 6.07) is 0. The van der Waals surface area contributed by atoms with Crippen LogP contribution in [-0.2, 0) is 9.53 Å². The van der Waals surface area contributed by atoms with Gasteiger partial charge in [0.25, 0.3) is 0 Å². The average molecular weight is 226 g/mol. The number of esters is 1. The number of carbonyl (C=O) groups excluding carboxylic acids is 1. The molecule has 2 nitrogen and oxygen atoms in total. The Labute approximate surface area is 100 Å². The lowest BCUT2D eigenvalue weighted by atomic mass is 9.85. The van der Waals surface area contributed by atoms with Crippen molar-refractivity contribution in [2.45, 2.75) is 60.0 Å². The zero-order valence-electron chi connectivity index (χ0n) is 11.4. The molecule has 0 saturated heterocycles. The Morgan fingerprint density at radius 2 is 2.00 bits per heavy atom. The van der Waals surface area contributed by atoms with Gasteiger partial charge in [-0.3, -0.25) is 0 Å². The summed E-state index contributed by atoms with van der Waals surface area (Å²) >= 11 is 0. The zero-order valence-corrected chi connectivity index (χ0v) is 11.4. The molecule has 0 heterocycles. The van der Waals surface area contributed by atoms with Gasteiger partial charge in [-0.15, -0.1) is 0 Å². The van der Waals surface area contributed by atoms with Crippen molar-refractivity contribution >= 4 is 5.97 Å². The van der Waals surface area contributed by atoms with Gasteiger partial charge in [0.05, 0.1) is 0 Å². The molecular formula is C14H26O2. The zero-order chi connectivity index (χ0) is 12.8. The first-order valence-electron chi connectivity index (χ1n) is 6.13. The number of carbonyl (C=O) groups is 1. The Morgan fingerprint density at radius 1 is 1.44 bits per heavy atom. The van der Waals surface area contributed by atoms with Crippen molar-refractivity contribution in [2.24, 2.45) is 11.3 Å². The third kappa shape index (κ3) is 6.65. The maximum absolute atomic E-state index is 11.1. The lowest BCUT2D eigenvalue weighted by Crippen LogP contribution is -2.24. The normalized spacial score (nSPS) is 15.3. The maximum atomic E-state index is 11.1. The first-order chi connectivity index (χ1) is 7.30. The van der Waals surface area contributed by atoms with E-state index in [-0.39, 0.29) is 12.1 Å². The molecule has 2 unspecified atom stereocenters. The second kappa shape index (κ2) is 6.72. The second-order valence-corrected chi connectivity index (χ2v) is 5.66. The molecule has 0 saturated carbocycles. The number of hydrogen-bond acceptors (Lipinski definition) is 2. The number of ether oxygens (including phenoxy) is 1. The Hall–Kier alpha value is -0.790. The second-order valence-electron chi connectivity index (χ2n) is 5.66. The monoisotopic (exact) mass is 226 g/mol. The molecule has 0 amide bonds. The molecule has 2 heteroatoms. The molecule has 0 aromatic carbocycles. The summed E-state index contributed by atoms with van der Waals surface area (Å²) in [7, 11) is 0. The standard InChI is InChI=1S/C14H26O2/c1-7-12(16-13(15)8-2)11(3)9-10-14(4,5)6/h8,11-12H,2,7,9-10H2,1,3-6H3. The summed E-state index contributed by atoms with van der Waals surface area (Å²) in [4.78, 5) is 11.1. The largest absolute Gasteiger partial charge is 0.459 e. The van der Waals surface area contributed by atoms with E-state index in [1.54, 1.807) is 0 Å². The average Bonchev–Trinajstić information content (AvgIpc) is 2.21. The fourth-order valence-electron chi connectivity index (χ4n) is 1.65. The topological polar surface area (TPSA) is 26.3 Å². The van der Waals surface area contributed by atoms with Crippen LogP contribution < -0.4 is 0 Å². The van der Waals surface area contributed by atoms with Gasteiger partial charge in [0, 0.05) is 6.08 Å². The fourth-order valence-corrected chi connectivity index (χ4v) is 1.65. The van der Waals surface area contributed by atoms with Crippen LogP contribution in [0, 0.1) is 11.3 Å². The van der Waals surface area contributed by atoms with Crippen molar-refractivity contribution in [3.8, 4) is 0 Å². The van der Waals surface area contributed by atoms with Crippen LogP contribution in [0.3, 0.4) is 0 Å². The molecule has 0 aliphatic heterocycles.